The number of hydrogen-bond acceptors (Lipinski definition) is 2. The molecule has 16 heavy (non-hydrogen) atoms. The molecular formula is C13H17ClO2. The number of ether oxygens (including phenoxy) is 1. The second-order valence-corrected chi connectivity index (χ2v) is 4.86. The van der Waals surface area contributed by atoms with Crippen LogP contribution in [0.3, 0.4) is 0 Å². The van der Waals surface area contributed by atoms with Crippen molar-refractivity contribution in [1.82, 2.24) is 0 Å². The Hall–Kier alpha value is -0.730. The summed E-state index contributed by atoms with van der Waals surface area (Å²) in [6, 6.07) is 5.38. The highest BCUT2D eigenvalue weighted by atomic mass is 35.5. The third kappa shape index (κ3) is 2.89. The van der Waals surface area contributed by atoms with Gasteiger partial charge in [0.15, 0.2) is 0 Å². The van der Waals surface area contributed by atoms with Gasteiger partial charge in [0.05, 0.1) is 13.2 Å². The summed E-state index contributed by atoms with van der Waals surface area (Å²) in [5.41, 5.74) is 0.840. The van der Waals surface area contributed by atoms with E-state index in [1.165, 1.54) is 12.8 Å². The predicted molar refractivity (Wildman–Crippen MR) is 64.9 cm³/mol. The molecule has 3 heteroatoms. The van der Waals surface area contributed by atoms with E-state index in [4.69, 9.17) is 16.3 Å². The van der Waals surface area contributed by atoms with Crippen molar-refractivity contribution in [3.05, 3.63) is 28.8 Å². The maximum absolute atomic E-state index is 10.1. The van der Waals surface area contributed by atoms with E-state index in [-0.39, 0.29) is 0 Å². The molecule has 0 radical (unpaired) electrons. The van der Waals surface area contributed by atoms with E-state index in [1.807, 2.05) is 6.07 Å². The van der Waals surface area contributed by atoms with Gasteiger partial charge >= 0.3 is 0 Å². The number of halogens is 1. The average Bonchev–Trinajstić information content (AvgIpc) is 3.09. The van der Waals surface area contributed by atoms with E-state index in [0.29, 0.717) is 10.8 Å². The molecule has 1 fully saturated rings. The number of methoxy groups -OCH3 is 1. The maximum atomic E-state index is 10.1. The Balaban J connectivity index is 2.04. The Labute approximate surface area is 101 Å². The third-order valence-electron chi connectivity index (χ3n) is 3.10. The van der Waals surface area contributed by atoms with E-state index in [9.17, 15) is 5.11 Å². The molecule has 0 aromatic heterocycles. The molecule has 0 heterocycles. The van der Waals surface area contributed by atoms with Gasteiger partial charge in [-0.05, 0) is 30.9 Å². The summed E-state index contributed by atoms with van der Waals surface area (Å²) >= 11 is 5.88. The second kappa shape index (κ2) is 5.07. The van der Waals surface area contributed by atoms with Crippen LogP contribution in [0.2, 0.25) is 5.02 Å². The highest BCUT2D eigenvalue weighted by molar-refractivity contribution is 6.30. The summed E-state index contributed by atoms with van der Waals surface area (Å²) in [4.78, 5) is 0. The predicted octanol–water partition coefficient (Wildman–Crippen LogP) is 3.57. The number of rotatable bonds is 5. The Morgan fingerprint density at radius 2 is 2.25 bits per heavy atom. The normalized spacial score (nSPS) is 17.2. The molecule has 88 valence electrons. The fourth-order valence-corrected chi connectivity index (χ4v) is 2.08. The van der Waals surface area contributed by atoms with E-state index in [1.54, 1.807) is 19.2 Å². The molecule has 2 nitrogen and oxygen atoms in total. The van der Waals surface area contributed by atoms with Gasteiger partial charge in [-0.15, -0.1) is 0 Å². The van der Waals surface area contributed by atoms with Gasteiger partial charge in [0.2, 0.25) is 0 Å². The van der Waals surface area contributed by atoms with Crippen molar-refractivity contribution < 1.29 is 9.84 Å². The number of hydrogen-bond donors (Lipinski definition) is 1. The smallest absolute Gasteiger partial charge is 0.126 e. The van der Waals surface area contributed by atoms with Crippen molar-refractivity contribution >= 4 is 11.6 Å². The lowest BCUT2D eigenvalue weighted by molar-refractivity contribution is 0.158. The molecule has 1 unspecified atom stereocenters. The largest absolute Gasteiger partial charge is 0.496 e. The van der Waals surface area contributed by atoms with Crippen molar-refractivity contribution in [3.8, 4) is 5.75 Å². The van der Waals surface area contributed by atoms with Gasteiger partial charge in [-0.2, -0.15) is 0 Å². The van der Waals surface area contributed by atoms with E-state index in [2.05, 4.69) is 0 Å². The van der Waals surface area contributed by atoms with Gasteiger partial charge in [0.25, 0.3) is 0 Å². The van der Waals surface area contributed by atoms with Gasteiger partial charge in [-0.1, -0.05) is 30.5 Å². The first-order valence-electron chi connectivity index (χ1n) is 5.72. The minimum Gasteiger partial charge on any atom is -0.496 e. The van der Waals surface area contributed by atoms with Crippen LogP contribution in [0.15, 0.2) is 18.2 Å². The Morgan fingerprint density at radius 1 is 1.50 bits per heavy atom. The quantitative estimate of drug-likeness (QED) is 0.853. The Bertz CT molecular complexity index is 361. The van der Waals surface area contributed by atoms with Crippen LogP contribution >= 0.6 is 11.6 Å². The first-order valence-corrected chi connectivity index (χ1v) is 6.10. The molecule has 0 aliphatic heterocycles. The summed E-state index contributed by atoms with van der Waals surface area (Å²) < 4.78 is 5.23. The van der Waals surface area contributed by atoms with Crippen molar-refractivity contribution in [3.63, 3.8) is 0 Å². The molecular weight excluding hydrogens is 224 g/mol. The highest BCUT2D eigenvalue weighted by Gasteiger charge is 2.23. The summed E-state index contributed by atoms with van der Waals surface area (Å²) in [5.74, 6) is 1.52. The van der Waals surface area contributed by atoms with Crippen LogP contribution in [0.25, 0.3) is 0 Å². The minimum absolute atomic E-state index is 0.437. The molecule has 1 atom stereocenters. The topological polar surface area (TPSA) is 29.5 Å². The highest BCUT2D eigenvalue weighted by Crippen LogP contribution is 2.37. The lowest BCUT2D eigenvalue weighted by atomic mass is 10.0. The van der Waals surface area contributed by atoms with Crippen molar-refractivity contribution in [2.75, 3.05) is 7.11 Å². The van der Waals surface area contributed by atoms with Crippen molar-refractivity contribution in [2.24, 2.45) is 5.92 Å². The van der Waals surface area contributed by atoms with Crippen molar-refractivity contribution in [2.45, 2.75) is 31.8 Å². The van der Waals surface area contributed by atoms with Gasteiger partial charge < -0.3 is 9.84 Å². The van der Waals surface area contributed by atoms with Gasteiger partial charge in [-0.3, -0.25) is 0 Å². The molecule has 1 saturated carbocycles. The molecule has 0 saturated heterocycles. The van der Waals surface area contributed by atoms with Crippen LogP contribution in [0, 0.1) is 5.92 Å². The van der Waals surface area contributed by atoms with Crippen LogP contribution in [0.1, 0.15) is 37.4 Å². The summed E-state index contributed by atoms with van der Waals surface area (Å²) in [6.45, 7) is 0. The zero-order chi connectivity index (χ0) is 11.5. The number of aliphatic hydroxyl groups excluding tert-OH is 1. The van der Waals surface area contributed by atoms with E-state index < -0.39 is 6.10 Å². The molecule has 0 spiro atoms. The van der Waals surface area contributed by atoms with E-state index in [0.717, 1.165) is 24.3 Å². The molecule has 1 N–H and O–H groups in total. The van der Waals surface area contributed by atoms with Gasteiger partial charge in [-0.25, -0.2) is 0 Å². The molecule has 1 aromatic carbocycles. The molecule has 1 aliphatic rings. The first kappa shape index (κ1) is 11.7. The maximum Gasteiger partial charge on any atom is 0.126 e. The third-order valence-corrected chi connectivity index (χ3v) is 3.33. The van der Waals surface area contributed by atoms with Crippen molar-refractivity contribution in [1.29, 1.82) is 0 Å². The van der Waals surface area contributed by atoms with Gasteiger partial charge in [0.1, 0.15) is 5.75 Å². The van der Waals surface area contributed by atoms with Crippen LogP contribution < -0.4 is 4.74 Å². The fourth-order valence-electron chi connectivity index (χ4n) is 1.92. The number of aliphatic hydroxyl groups is 1. The molecule has 1 aromatic rings. The lowest BCUT2D eigenvalue weighted by Gasteiger charge is -2.14. The molecule has 0 bridgehead atoms. The lowest BCUT2D eigenvalue weighted by Crippen LogP contribution is -2.01. The van der Waals surface area contributed by atoms with Gasteiger partial charge in [0, 0.05) is 10.6 Å². The average molecular weight is 241 g/mol. The number of benzene rings is 1. The Morgan fingerprint density at radius 3 is 2.88 bits per heavy atom. The van der Waals surface area contributed by atoms with Crippen LogP contribution in [0.5, 0.6) is 5.75 Å². The molecule has 2 rings (SSSR count). The molecule has 1 aliphatic carbocycles. The zero-order valence-corrected chi connectivity index (χ0v) is 10.2. The zero-order valence-electron chi connectivity index (χ0n) is 9.45. The molecule has 0 amide bonds. The second-order valence-electron chi connectivity index (χ2n) is 4.42. The monoisotopic (exact) mass is 240 g/mol. The summed E-state index contributed by atoms with van der Waals surface area (Å²) in [7, 11) is 1.60. The fraction of sp³-hybridized carbons (Fsp3) is 0.538. The summed E-state index contributed by atoms with van der Waals surface area (Å²) in [6.07, 6.45) is 4.12. The minimum atomic E-state index is -0.437. The first-order chi connectivity index (χ1) is 7.70. The van der Waals surface area contributed by atoms with E-state index >= 15 is 0 Å². The SMILES string of the molecule is COc1cc(Cl)ccc1C(O)CCC1CC1. The Kier molecular flexibility index (Phi) is 3.72. The summed E-state index contributed by atoms with van der Waals surface area (Å²) in [5, 5.41) is 10.7. The van der Waals surface area contributed by atoms with Crippen LogP contribution in [-0.4, -0.2) is 12.2 Å². The standard InChI is InChI=1S/C13H17ClO2/c1-16-13-8-10(14)5-6-11(13)12(15)7-4-9-2-3-9/h5-6,8-9,12,15H,2-4,7H2,1H3. The van der Waals surface area contributed by atoms with Crippen LogP contribution in [0.4, 0.5) is 0 Å². The van der Waals surface area contributed by atoms with Crippen LogP contribution in [-0.2, 0) is 0 Å².